The lowest BCUT2D eigenvalue weighted by Gasteiger charge is -2.28. The van der Waals surface area contributed by atoms with Gasteiger partial charge in [0, 0.05) is 31.3 Å². The molecule has 1 heterocycles. The van der Waals surface area contributed by atoms with E-state index < -0.39 is 14.9 Å². The number of hydrogen-bond acceptors (Lipinski definition) is 6. The molecule has 2 aliphatic rings. The number of sulfonamides is 1. The number of non-ortho nitro benzene ring substituents is 1. The number of aliphatic hydroxyl groups is 1. The normalized spacial score (nSPS) is 25.0. The number of nitro groups is 1. The van der Waals surface area contributed by atoms with Gasteiger partial charge in [0.2, 0.25) is 10.0 Å². The summed E-state index contributed by atoms with van der Waals surface area (Å²) in [6.07, 6.45) is 4.11. The van der Waals surface area contributed by atoms with Gasteiger partial charge in [-0.1, -0.05) is 0 Å². The summed E-state index contributed by atoms with van der Waals surface area (Å²) in [5, 5.41) is 23.9. The van der Waals surface area contributed by atoms with E-state index in [-0.39, 0.29) is 22.7 Å². The number of nitro benzene ring substituents is 1. The number of anilines is 1. The van der Waals surface area contributed by atoms with Crippen LogP contribution in [0.1, 0.15) is 38.5 Å². The van der Waals surface area contributed by atoms with Gasteiger partial charge in [-0.2, -0.15) is 4.31 Å². The van der Waals surface area contributed by atoms with E-state index in [1.54, 1.807) is 0 Å². The van der Waals surface area contributed by atoms with Crippen LogP contribution in [-0.4, -0.2) is 48.0 Å². The molecule has 25 heavy (non-hydrogen) atoms. The fourth-order valence-corrected chi connectivity index (χ4v) is 5.16. The van der Waals surface area contributed by atoms with E-state index >= 15 is 0 Å². The number of nitrogens with zero attached hydrogens (tertiary/aromatic N) is 2. The van der Waals surface area contributed by atoms with Gasteiger partial charge in [-0.05, 0) is 44.6 Å². The van der Waals surface area contributed by atoms with E-state index in [2.05, 4.69) is 5.32 Å². The average Bonchev–Trinajstić information content (AvgIpc) is 3.12. The van der Waals surface area contributed by atoms with E-state index in [4.69, 9.17) is 0 Å². The molecule has 8 nitrogen and oxygen atoms in total. The van der Waals surface area contributed by atoms with Gasteiger partial charge in [-0.25, -0.2) is 8.42 Å². The first-order chi connectivity index (χ1) is 11.9. The molecule has 138 valence electrons. The Morgan fingerprint density at radius 3 is 2.40 bits per heavy atom. The van der Waals surface area contributed by atoms with Crippen molar-refractivity contribution in [2.45, 2.75) is 55.6 Å². The van der Waals surface area contributed by atoms with E-state index in [0.717, 1.165) is 31.7 Å². The maximum absolute atomic E-state index is 12.9. The zero-order valence-electron chi connectivity index (χ0n) is 13.9. The van der Waals surface area contributed by atoms with Crippen LogP contribution in [0.15, 0.2) is 23.1 Å². The predicted molar refractivity (Wildman–Crippen MR) is 93.0 cm³/mol. The van der Waals surface area contributed by atoms with Crippen molar-refractivity contribution in [3.63, 3.8) is 0 Å². The Balaban J connectivity index is 1.92. The average molecular weight is 369 g/mol. The Kier molecular flexibility index (Phi) is 5.26. The second-order valence-electron chi connectivity index (χ2n) is 6.70. The Morgan fingerprint density at radius 2 is 1.80 bits per heavy atom. The molecule has 1 aliphatic heterocycles. The molecular weight excluding hydrogens is 346 g/mol. The van der Waals surface area contributed by atoms with Crippen LogP contribution in [0.3, 0.4) is 0 Å². The molecule has 0 bridgehead atoms. The van der Waals surface area contributed by atoms with E-state index in [9.17, 15) is 23.6 Å². The maximum atomic E-state index is 12.9. The lowest BCUT2D eigenvalue weighted by molar-refractivity contribution is -0.385. The molecule has 9 heteroatoms. The largest absolute Gasteiger partial charge is 0.393 e. The topological polar surface area (TPSA) is 113 Å². The SMILES string of the molecule is O=[N+]([O-])c1ccc(NC2CCC(O)CC2)c(S(=O)(=O)N2CCCC2)c1. The minimum Gasteiger partial charge on any atom is -0.393 e. The van der Waals surface area contributed by atoms with Crippen molar-refractivity contribution in [2.75, 3.05) is 18.4 Å². The molecule has 2 N–H and O–H groups in total. The van der Waals surface area contributed by atoms with Gasteiger partial charge in [0.25, 0.3) is 5.69 Å². The summed E-state index contributed by atoms with van der Waals surface area (Å²) in [7, 11) is -3.77. The Morgan fingerprint density at radius 1 is 1.16 bits per heavy atom. The van der Waals surface area contributed by atoms with Crippen molar-refractivity contribution in [2.24, 2.45) is 0 Å². The summed E-state index contributed by atoms with van der Waals surface area (Å²) in [5.74, 6) is 0. The van der Waals surface area contributed by atoms with Gasteiger partial charge in [0.05, 0.1) is 16.7 Å². The third-order valence-electron chi connectivity index (χ3n) is 4.92. The molecule has 1 aromatic rings. The summed E-state index contributed by atoms with van der Waals surface area (Å²) in [6, 6.07) is 4.00. The minimum atomic E-state index is -3.77. The third-order valence-corrected chi connectivity index (χ3v) is 6.85. The molecule has 1 saturated heterocycles. The molecule has 1 saturated carbocycles. The number of nitrogens with one attached hydrogen (secondary N) is 1. The summed E-state index contributed by atoms with van der Waals surface area (Å²) in [5.41, 5.74) is 0.168. The van der Waals surface area contributed by atoms with E-state index in [1.807, 2.05) is 0 Å². The van der Waals surface area contributed by atoms with Crippen LogP contribution in [0.5, 0.6) is 0 Å². The molecule has 0 aromatic heterocycles. The van der Waals surface area contributed by atoms with E-state index in [1.165, 1.54) is 16.4 Å². The van der Waals surface area contributed by atoms with Crippen LogP contribution >= 0.6 is 0 Å². The van der Waals surface area contributed by atoms with Gasteiger partial charge in [0.15, 0.2) is 0 Å². The van der Waals surface area contributed by atoms with Crippen LogP contribution in [-0.2, 0) is 10.0 Å². The van der Waals surface area contributed by atoms with Crippen LogP contribution in [0.4, 0.5) is 11.4 Å². The van der Waals surface area contributed by atoms with Crippen molar-refractivity contribution in [1.29, 1.82) is 0 Å². The van der Waals surface area contributed by atoms with Gasteiger partial charge < -0.3 is 10.4 Å². The number of aliphatic hydroxyl groups excluding tert-OH is 1. The Labute approximate surface area is 147 Å². The molecular formula is C16H23N3O5S. The first-order valence-corrected chi connectivity index (χ1v) is 10.0. The molecule has 1 aliphatic carbocycles. The second-order valence-corrected chi connectivity index (χ2v) is 8.60. The summed E-state index contributed by atoms with van der Waals surface area (Å²) < 4.78 is 27.3. The Bertz CT molecular complexity index is 738. The first-order valence-electron chi connectivity index (χ1n) is 8.61. The number of hydrogen-bond donors (Lipinski definition) is 2. The van der Waals surface area contributed by atoms with Gasteiger partial charge in [-0.15, -0.1) is 0 Å². The zero-order valence-corrected chi connectivity index (χ0v) is 14.7. The molecule has 3 rings (SSSR count). The van der Waals surface area contributed by atoms with Crippen molar-refractivity contribution < 1.29 is 18.4 Å². The fourth-order valence-electron chi connectivity index (χ4n) is 3.46. The summed E-state index contributed by atoms with van der Waals surface area (Å²) >= 11 is 0. The van der Waals surface area contributed by atoms with Gasteiger partial charge in [0.1, 0.15) is 4.90 Å². The second kappa shape index (κ2) is 7.27. The lowest BCUT2D eigenvalue weighted by atomic mass is 9.93. The minimum absolute atomic E-state index is 0.0327. The summed E-state index contributed by atoms with van der Waals surface area (Å²) in [4.78, 5) is 10.5. The van der Waals surface area contributed by atoms with Gasteiger partial charge in [-0.3, -0.25) is 10.1 Å². The third kappa shape index (κ3) is 3.94. The van der Waals surface area contributed by atoms with Gasteiger partial charge >= 0.3 is 0 Å². The smallest absolute Gasteiger partial charge is 0.270 e. The highest BCUT2D eigenvalue weighted by atomic mass is 32.2. The maximum Gasteiger partial charge on any atom is 0.270 e. The van der Waals surface area contributed by atoms with Crippen molar-refractivity contribution in [3.05, 3.63) is 28.3 Å². The lowest BCUT2D eigenvalue weighted by Crippen LogP contribution is -2.31. The van der Waals surface area contributed by atoms with E-state index in [0.29, 0.717) is 31.6 Å². The van der Waals surface area contributed by atoms with Crippen LogP contribution in [0.25, 0.3) is 0 Å². The number of benzene rings is 1. The standard InChI is InChI=1S/C16H23N3O5S/c20-14-6-3-12(4-7-14)17-15-8-5-13(19(21)22)11-16(15)25(23,24)18-9-1-2-10-18/h5,8,11-12,14,17,20H,1-4,6-7,9-10H2. The van der Waals surface area contributed by atoms with Crippen molar-refractivity contribution in [1.82, 2.24) is 4.31 Å². The fraction of sp³-hybridized carbons (Fsp3) is 0.625. The van der Waals surface area contributed by atoms with Crippen LogP contribution < -0.4 is 5.32 Å². The van der Waals surface area contributed by atoms with Crippen LogP contribution in [0.2, 0.25) is 0 Å². The monoisotopic (exact) mass is 369 g/mol. The zero-order chi connectivity index (χ0) is 18.0. The molecule has 0 amide bonds. The molecule has 0 unspecified atom stereocenters. The van der Waals surface area contributed by atoms with Crippen molar-refractivity contribution >= 4 is 21.4 Å². The summed E-state index contributed by atoms with van der Waals surface area (Å²) in [6.45, 7) is 0.889. The highest BCUT2D eigenvalue weighted by molar-refractivity contribution is 7.89. The molecule has 0 spiro atoms. The predicted octanol–water partition coefficient (Wildman–Crippen LogP) is 2.09. The molecule has 2 fully saturated rings. The molecule has 1 aromatic carbocycles. The highest BCUT2D eigenvalue weighted by Crippen LogP contribution is 2.32. The van der Waals surface area contributed by atoms with Crippen molar-refractivity contribution in [3.8, 4) is 0 Å². The quantitative estimate of drug-likeness (QED) is 0.607. The highest BCUT2D eigenvalue weighted by Gasteiger charge is 2.32. The number of rotatable bonds is 5. The van der Waals surface area contributed by atoms with Crippen LogP contribution in [0, 0.1) is 10.1 Å². The molecule has 0 atom stereocenters. The first kappa shape index (κ1) is 18.1. The Hall–Kier alpha value is -1.71. The molecule has 0 radical (unpaired) electrons.